The number of ether oxygens (including phenoxy) is 2. The van der Waals surface area contributed by atoms with Gasteiger partial charge in [0.15, 0.2) is 0 Å². The van der Waals surface area contributed by atoms with Crippen LogP contribution in [0.4, 0.5) is 0 Å². The number of esters is 2. The van der Waals surface area contributed by atoms with Gasteiger partial charge in [0.05, 0.1) is 24.0 Å². The molecule has 0 spiro atoms. The van der Waals surface area contributed by atoms with Gasteiger partial charge < -0.3 is 9.47 Å². The van der Waals surface area contributed by atoms with Crippen LogP contribution in [-0.4, -0.2) is 24.1 Å². The molecule has 4 atom stereocenters. The lowest BCUT2D eigenvalue weighted by atomic mass is 9.73. The average molecular weight is 168 g/mol. The van der Waals surface area contributed by atoms with E-state index in [1.165, 1.54) is 0 Å². The molecule has 0 amide bonds. The molecule has 2 bridgehead atoms. The lowest BCUT2D eigenvalue weighted by Gasteiger charge is -2.45. The number of hydrogen-bond acceptors (Lipinski definition) is 4. The minimum absolute atomic E-state index is 0.0345. The summed E-state index contributed by atoms with van der Waals surface area (Å²) in [6, 6.07) is 0. The Balaban J connectivity index is 1.96. The Morgan fingerprint density at radius 3 is 2.58 bits per heavy atom. The third kappa shape index (κ3) is 0.617. The molecule has 1 saturated carbocycles. The van der Waals surface area contributed by atoms with E-state index in [4.69, 9.17) is 4.74 Å². The van der Waals surface area contributed by atoms with Gasteiger partial charge in [-0.1, -0.05) is 0 Å². The van der Waals surface area contributed by atoms with Crippen LogP contribution in [0.15, 0.2) is 0 Å². The van der Waals surface area contributed by atoms with Gasteiger partial charge in [-0.25, -0.2) is 0 Å². The Bertz CT molecular complexity index is 266. The molecule has 3 heterocycles. The standard InChI is InChI=1S/C8H8O4/c9-7-4-1-3-2-5(11-3)6(4)8(10)12-7/h3-6H,1-2H2. The highest BCUT2D eigenvalue weighted by Crippen LogP contribution is 2.46. The first-order valence-electron chi connectivity index (χ1n) is 4.16. The molecule has 64 valence electrons. The van der Waals surface area contributed by atoms with Crippen LogP contribution >= 0.6 is 0 Å². The van der Waals surface area contributed by atoms with Crippen molar-refractivity contribution >= 4 is 11.9 Å². The monoisotopic (exact) mass is 168 g/mol. The minimum Gasteiger partial charge on any atom is -0.393 e. The van der Waals surface area contributed by atoms with Gasteiger partial charge in [-0.2, -0.15) is 0 Å². The van der Waals surface area contributed by atoms with E-state index in [9.17, 15) is 9.59 Å². The van der Waals surface area contributed by atoms with Crippen LogP contribution in [-0.2, 0) is 19.1 Å². The molecule has 4 rings (SSSR count). The third-order valence-electron chi connectivity index (χ3n) is 2.99. The zero-order chi connectivity index (χ0) is 8.29. The van der Waals surface area contributed by atoms with Crippen molar-refractivity contribution in [2.24, 2.45) is 11.8 Å². The number of carbonyl (C=O) groups excluding carboxylic acids is 2. The second kappa shape index (κ2) is 1.88. The fourth-order valence-electron chi connectivity index (χ4n) is 2.37. The molecule has 4 aliphatic rings. The largest absolute Gasteiger partial charge is 0.393 e. The van der Waals surface area contributed by atoms with E-state index in [-0.39, 0.29) is 36.0 Å². The second-order valence-electron chi connectivity index (χ2n) is 3.64. The molecule has 1 aliphatic carbocycles. The SMILES string of the molecule is O=C1OC(=O)C2C3CC(CC12)O3. The molecule has 0 aromatic rings. The summed E-state index contributed by atoms with van der Waals surface area (Å²) in [6.07, 6.45) is 1.76. The summed E-state index contributed by atoms with van der Waals surface area (Å²) in [5.41, 5.74) is 0. The van der Waals surface area contributed by atoms with Crippen molar-refractivity contribution in [1.82, 2.24) is 0 Å². The average Bonchev–Trinajstić information content (AvgIpc) is 2.27. The molecule has 0 aromatic heterocycles. The molecular formula is C8H8O4. The molecule has 0 radical (unpaired) electrons. The highest BCUT2D eigenvalue weighted by Gasteiger charge is 2.58. The predicted octanol–water partition coefficient (Wildman–Crippen LogP) is -0.137. The van der Waals surface area contributed by atoms with Crippen LogP contribution in [0.1, 0.15) is 12.8 Å². The second-order valence-corrected chi connectivity index (χ2v) is 3.64. The van der Waals surface area contributed by atoms with E-state index in [2.05, 4.69) is 4.74 Å². The summed E-state index contributed by atoms with van der Waals surface area (Å²) in [5.74, 6) is -1.21. The highest BCUT2D eigenvalue weighted by molar-refractivity contribution is 5.97. The van der Waals surface area contributed by atoms with Crippen molar-refractivity contribution in [3.05, 3.63) is 0 Å². The lowest BCUT2D eigenvalue weighted by Crippen LogP contribution is -2.53. The van der Waals surface area contributed by atoms with Crippen molar-refractivity contribution < 1.29 is 19.1 Å². The van der Waals surface area contributed by atoms with Gasteiger partial charge in [0.1, 0.15) is 0 Å². The van der Waals surface area contributed by atoms with E-state index >= 15 is 0 Å². The first kappa shape index (κ1) is 6.60. The minimum atomic E-state index is -0.381. The van der Waals surface area contributed by atoms with E-state index in [1.807, 2.05) is 0 Å². The van der Waals surface area contributed by atoms with Crippen LogP contribution in [0.2, 0.25) is 0 Å². The Labute approximate surface area is 68.8 Å². The Hall–Kier alpha value is -0.900. The maximum atomic E-state index is 11.1. The fourth-order valence-corrected chi connectivity index (χ4v) is 2.37. The maximum absolute atomic E-state index is 11.1. The summed E-state index contributed by atoms with van der Waals surface area (Å²) in [5, 5.41) is 0. The van der Waals surface area contributed by atoms with E-state index in [0.717, 1.165) is 6.42 Å². The van der Waals surface area contributed by atoms with Crippen molar-refractivity contribution in [2.75, 3.05) is 0 Å². The molecule has 4 fully saturated rings. The molecule has 3 aliphatic heterocycles. The highest BCUT2D eigenvalue weighted by atomic mass is 16.6. The zero-order valence-electron chi connectivity index (χ0n) is 6.36. The molecule has 0 aromatic carbocycles. The topological polar surface area (TPSA) is 52.6 Å². The lowest BCUT2D eigenvalue weighted by molar-refractivity contribution is -0.199. The van der Waals surface area contributed by atoms with Gasteiger partial charge in [-0.05, 0) is 6.42 Å². The van der Waals surface area contributed by atoms with Crippen LogP contribution in [0.25, 0.3) is 0 Å². The van der Waals surface area contributed by atoms with Gasteiger partial charge in [0.2, 0.25) is 0 Å². The van der Waals surface area contributed by atoms with E-state index < -0.39 is 0 Å². The van der Waals surface area contributed by atoms with E-state index in [1.54, 1.807) is 0 Å². The van der Waals surface area contributed by atoms with Crippen molar-refractivity contribution in [2.45, 2.75) is 25.0 Å². The summed E-state index contributed by atoms with van der Waals surface area (Å²) in [7, 11) is 0. The van der Waals surface area contributed by atoms with Gasteiger partial charge in [0.25, 0.3) is 0 Å². The Morgan fingerprint density at radius 1 is 1.17 bits per heavy atom. The van der Waals surface area contributed by atoms with E-state index in [0.29, 0.717) is 6.42 Å². The summed E-state index contributed by atoms with van der Waals surface area (Å²) >= 11 is 0. The number of hydrogen-bond donors (Lipinski definition) is 0. The summed E-state index contributed by atoms with van der Waals surface area (Å²) < 4.78 is 9.90. The predicted molar refractivity (Wildman–Crippen MR) is 36.0 cm³/mol. The van der Waals surface area contributed by atoms with Crippen molar-refractivity contribution in [3.63, 3.8) is 0 Å². The number of cyclic esters (lactones) is 2. The van der Waals surface area contributed by atoms with Gasteiger partial charge >= 0.3 is 11.9 Å². The van der Waals surface area contributed by atoms with Crippen LogP contribution in [0.5, 0.6) is 0 Å². The third-order valence-corrected chi connectivity index (χ3v) is 2.99. The maximum Gasteiger partial charge on any atom is 0.320 e. The van der Waals surface area contributed by atoms with Crippen LogP contribution in [0.3, 0.4) is 0 Å². The molecule has 4 unspecified atom stereocenters. The van der Waals surface area contributed by atoms with Crippen molar-refractivity contribution in [1.29, 1.82) is 0 Å². The molecular weight excluding hydrogens is 160 g/mol. The Morgan fingerprint density at radius 2 is 1.92 bits per heavy atom. The quantitative estimate of drug-likeness (QED) is 0.373. The number of rotatable bonds is 0. The first-order valence-corrected chi connectivity index (χ1v) is 4.16. The molecule has 12 heavy (non-hydrogen) atoms. The smallest absolute Gasteiger partial charge is 0.320 e. The molecule has 4 heteroatoms. The Kier molecular flexibility index (Phi) is 1.03. The molecule has 0 N–H and O–H groups in total. The van der Waals surface area contributed by atoms with Crippen molar-refractivity contribution in [3.8, 4) is 0 Å². The molecule has 3 saturated heterocycles. The first-order chi connectivity index (χ1) is 5.75. The molecule has 4 nitrogen and oxygen atoms in total. The van der Waals surface area contributed by atoms with Gasteiger partial charge in [0, 0.05) is 6.42 Å². The summed E-state index contributed by atoms with van der Waals surface area (Å²) in [4.78, 5) is 22.2. The normalized spacial score (nSPS) is 49.7. The fraction of sp³-hybridized carbons (Fsp3) is 0.750. The van der Waals surface area contributed by atoms with Crippen LogP contribution in [0, 0.1) is 11.8 Å². The van der Waals surface area contributed by atoms with Gasteiger partial charge in [-0.3, -0.25) is 9.59 Å². The zero-order valence-corrected chi connectivity index (χ0v) is 6.36. The number of carbonyl (C=O) groups is 2. The van der Waals surface area contributed by atoms with Crippen LogP contribution < -0.4 is 0 Å². The summed E-state index contributed by atoms with van der Waals surface area (Å²) in [6.45, 7) is 0. The van der Waals surface area contributed by atoms with Gasteiger partial charge in [-0.15, -0.1) is 0 Å².